The van der Waals surface area contributed by atoms with Crippen molar-refractivity contribution in [2.45, 2.75) is 25.9 Å². The third-order valence-corrected chi connectivity index (χ3v) is 5.19. The largest absolute Gasteiger partial charge is 0.433 e. The Hall–Kier alpha value is -2.58. The summed E-state index contributed by atoms with van der Waals surface area (Å²) < 4.78 is 38.7. The molecule has 2 aliphatic heterocycles. The molecule has 0 N–H and O–H groups in total. The van der Waals surface area contributed by atoms with Gasteiger partial charge in [0.1, 0.15) is 29.0 Å². The van der Waals surface area contributed by atoms with E-state index >= 15 is 0 Å². The predicted octanol–water partition coefficient (Wildman–Crippen LogP) is 3.13. The molecule has 0 atom stereocenters. The molecular formula is C19H23F3N6. The summed E-state index contributed by atoms with van der Waals surface area (Å²) in [4.78, 5) is 19.3. The molecule has 0 amide bonds. The van der Waals surface area contributed by atoms with Crippen molar-refractivity contribution in [1.82, 2.24) is 15.0 Å². The van der Waals surface area contributed by atoms with Crippen molar-refractivity contribution in [3.05, 3.63) is 35.8 Å². The van der Waals surface area contributed by atoms with Gasteiger partial charge in [-0.25, -0.2) is 15.0 Å². The quantitative estimate of drug-likeness (QED) is 0.800. The average molecular weight is 392 g/mol. The molecule has 4 heterocycles. The number of aromatic nitrogens is 3. The molecule has 4 rings (SSSR count). The van der Waals surface area contributed by atoms with Crippen LogP contribution in [0, 0.1) is 6.92 Å². The smallest absolute Gasteiger partial charge is 0.356 e. The highest BCUT2D eigenvalue weighted by molar-refractivity contribution is 5.53. The summed E-state index contributed by atoms with van der Waals surface area (Å²) in [5.74, 6) is 2.94. The number of halogens is 3. The number of hydrogen-bond donors (Lipinski definition) is 0. The molecule has 6 nitrogen and oxygen atoms in total. The zero-order valence-electron chi connectivity index (χ0n) is 15.8. The zero-order valence-corrected chi connectivity index (χ0v) is 15.8. The number of piperazine rings is 1. The van der Waals surface area contributed by atoms with E-state index in [1.54, 1.807) is 6.07 Å². The maximum Gasteiger partial charge on any atom is 0.433 e. The van der Waals surface area contributed by atoms with Crippen molar-refractivity contribution in [2.24, 2.45) is 0 Å². The van der Waals surface area contributed by atoms with Crippen LogP contribution in [0.2, 0.25) is 0 Å². The summed E-state index contributed by atoms with van der Waals surface area (Å²) in [5.41, 5.74) is -0.853. The minimum atomic E-state index is -4.43. The average Bonchev–Trinajstić information content (AvgIpc) is 3.22. The Morgan fingerprint density at radius 1 is 0.750 bits per heavy atom. The van der Waals surface area contributed by atoms with Crippen LogP contribution >= 0.6 is 0 Å². The lowest BCUT2D eigenvalue weighted by molar-refractivity contribution is -0.141. The highest BCUT2D eigenvalue weighted by Crippen LogP contribution is 2.29. The van der Waals surface area contributed by atoms with Crippen LogP contribution in [0.15, 0.2) is 24.3 Å². The molecule has 2 fully saturated rings. The molecule has 0 spiro atoms. The Bertz CT molecular complexity index is 827. The molecule has 2 aliphatic rings. The molecule has 0 saturated carbocycles. The van der Waals surface area contributed by atoms with Gasteiger partial charge >= 0.3 is 6.18 Å². The van der Waals surface area contributed by atoms with Gasteiger partial charge in [0.2, 0.25) is 0 Å². The zero-order chi connectivity index (χ0) is 19.7. The first-order valence-electron chi connectivity index (χ1n) is 9.55. The van der Waals surface area contributed by atoms with Crippen LogP contribution in [0.4, 0.5) is 30.6 Å². The second-order valence-electron chi connectivity index (χ2n) is 7.18. The Morgan fingerprint density at radius 3 is 1.86 bits per heavy atom. The molecule has 150 valence electrons. The SMILES string of the molecule is Cc1nc(N2CCCC2)cc(N2CCN(c3cccc(C(F)(F)F)n3)CC2)n1. The number of nitrogens with zero attached hydrogens (tertiary/aromatic N) is 6. The molecule has 0 radical (unpaired) electrons. The fourth-order valence-electron chi connectivity index (χ4n) is 3.73. The van der Waals surface area contributed by atoms with E-state index in [1.165, 1.54) is 18.9 Å². The van der Waals surface area contributed by atoms with Gasteiger partial charge in [0.05, 0.1) is 0 Å². The molecule has 0 bridgehead atoms. The minimum Gasteiger partial charge on any atom is -0.356 e. The molecule has 0 unspecified atom stereocenters. The van der Waals surface area contributed by atoms with Gasteiger partial charge in [-0.2, -0.15) is 13.2 Å². The van der Waals surface area contributed by atoms with Crippen molar-refractivity contribution >= 4 is 17.5 Å². The fourth-order valence-corrected chi connectivity index (χ4v) is 3.73. The van der Waals surface area contributed by atoms with Crippen LogP contribution in [-0.4, -0.2) is 54.2 Å². The van der Waals surface area contributed by atoms with E-state index in [4.69, 9.17) is 0 Å². The predicted molar refractivity (Wildman–Crippen MR) is 102 cm³/mol. The van der Waals surface area contributed by atoms with Gasteiger partial charge in [-0.15, -0.1) is 0 Å². The molecule has 2 aromatic heterocycles. The van der Waals surface area contributed by atoms with Gasteiger partial charge in [0, 0.05) is 45.3 Å². The van der Waals surface area contributed by atoms with Gasteiger partial charge in [0.25, 0.3) is 0 Å². The summed E-state index contributed by atoms with van der Waals surface area (Å²) in [6.07, 6.45) is -2.07. The van der Waals surface area contributed by atoms with E-state index in [9.17, 15) is 13.2 Å². The maximum absolute atomic E-state index is 12.9. The summed E-state index contributed by atoms with van der Waals surface area (Å²) in [6.45, 7) is 6.47. The number of rotatable bonds is 3. The van der Waals surface area contributed by atoms with Crippen molar-refractivity contribution in [1.29, 1.82) is 0 Å². The second kappa shape index (κ2) is 7.44. The Balaban J connectivity index is 1.46. The topological polar surface area (TPSA) is 48.4 Å². The Morgan fingerprint density at radius 2 is 1.29 bits per heavy atom. The van der Waals surface area contributed by atoms with Crippen LogP contribution in [0.25, 0.3) is 0 Å². The molecule has 2 aromatic rings. The number of anilines is 3. The number of pyridine rings is 1. The summed E-state index contributed by atoms with van der Waals surface area (Å²) in [6, 6.07) is 6.07. The Kier molecular flexibility index (Phi) is 4.99. The van der Waals surface area contributed by atoms with Crippen molar-refractivity contribution in [3.63, 3.8) is 0 Å². The van der Waals surface area contributed by atoms with Gasteiger partial charge < -0.3 is 14.7 Å². The van der Waals surface area contributed by atoms with Crippen molar-refractivity contribution in [3.8, 4) is 0 Å². The summed E-state index contributed by atoms with van der Waals surface area (Å²) in [5, 5.41) is 0. The van der Waals surface area contributed by atoms with E-state index in [-0.39, 0.29) is 0 Å². The van der Waals surface area contributed by atoms with Crippen LogP contribution in [0.1, 0.15) is 24.4 Å². The molecule has 9 heteroatoms. The van der Waals surface area contributed by atoms with E-state index < -0.39 is 11.9 Å². The van der Waals surface area contributed by atoms with Gasteiger partial charge in [-0.1, -0.05) is 6.07 Å². The lowest BCUT2D eigenvalue weighted by Crippen LogP contribution is -2.47. The highest BCUT2D eigenvalue weighted by atomic mass is 19.4. The second-order valence-corrected chi connectivity index (χ2v) is 7.18. The van der Waals surface area contributed by atoms with E-state index in [0.717, 1.165) is 36.6 Å². The fraction of sp³-hybridized carbons (Fsp3) is 0.526. The van der Waals surface area contributed by atoms with E-state index in [1.807, 2.05) is 17.9 Å². The molecule has 0 aromatic carbocycles. The van der Waals surface area contributed by atoms with Crippen LogP contribution in [0.3, 0.4) is 0 Å². The lowest BCUT2D eigenvalue weighted by Gasteiger charge is -2.36. The molecule has 2 saturated heterocycles. The van der Waals surface area contributed by atoms with Crippen LogP contribution in [-0.2, 0) is 6.18 Å². The minimum absolute atomic E-state index is 0.367. The first-order valence-corrected chi connectivity index (χ1v) is 9.55. The normalized spacial score (nSPS) is 18.1. The first kappa shape index (κ1) is 18.8. The lowest BCUT2D eigenvalue weighted by atomic mass is 10.2. The number of aryl methyl sites for hydroxylation is 1. The van der Waals surface area contributed by atoms with E-state index in [0.29, 0.717) is 32.0 Å². The van der Waals surface area contributed by atoms with Crippen LogP contribution < -0.4 is 14.7 Å². The molecular weight excluding hydrogens is 369 g/mol. The summed E-state index contributed by atoms with van der Waals surface area (Å²) in [7, 11) is 0. The van der Waals surface area contributed by atoms with Gasteiger partial charge in [-0.05, 0) is 31.9 Å². The van der Waals surface area contributed by atoms with Gasteiger partial charge in [0.15, 0.2) is 0 Å². The Labute approximate surface area is 162 Å². The van der Waals surface area contributed by atoms with Crippen molar-refractivity contribution < 1.29 is 13.2 Å². The monoisotopic (exact) mass is 392 g/mol. The third kappa shape index (κ3) is 3.98. The standard InChI is InChI=1S/C19H23F3N6/c1-14-23-17(26-7-2-3-8-26)13-18(24-14)28-11-9-27(10-12-28)16-6-4-5-15(25-16)19(20,21)22/h4-6,13H,2-3,7-12H2,1H3. The summed E-state index contributed by atoms with van der Waals surface area (Å²) >= 11 is 0. The maximum atomic E-state index is 12.9. The first-order chi connectivity index (χ1) is 13.4. The third-order valence-electron chi connectivity index (χ3n) is 5.19. The van der Waals surface area contributed by atoms with Gasteiger partial charge in [-0.3, -0.25) is 0 Å². The molecule has 28 heavy (non-hydrogen) atoms. The van der Waals surface area contributed by atoms with E-state index in [2.05, 4.69) is 24.8 Å². The van der Waals surface area contributed by atoms with Crippen LogP contribution in [0.5, 0.6) is 0 Å². The van der Waals surface area contributed by atoms with Crippen molar-refractivity contribution in [2.75, 3.05) is 54.0 Å². The molecule has 0 aliphatic carbocycles. The number of hydrogen-bond acceptors (Lipinski definition) is 6. The number of alkyl halides is 3. The highest BCUT2D eigenvalue weighted by Gasteiger charge is 2.33.